The standard InChI is InChI=1S/C14H14N4O2/c1-3-18-13(10(7-15)8-17-18)11-6-9(14(19)20-2)4-5-12(11)16/h4-6,8H,3,16H2,1-2H3. The average molecular weight is 270 g/mol. The minimum Gasteiger partial charge on any atom is -0.465 e. The van der Waals surface area contributed by atoms with Gasteiger partial charge in [-0.15, -0.1) is 0 Å². The van der Waals surface area contributed by atoms with Gasteiger partial charge in [0.2, 0.25) is 0 Å². The number of ether oxygens (including phenoxy) is 1. The van der Waals surface area contributed by atoms with Crippen LogP contribution in [0.5, 0.6) is 0 Å². The molecule has 2 rings (SSSR count). The Morgan fingerprint density at radius 3 is 2.90 bits per heavy atom. The summed E-state index contributed by atoms with van der Waals surface area (Å²) in [5.41, 5.74) is 8.45. The van der Waals surface area contributed by atoms with Gasteiger partial charge in [-0.3, -0.25) is 4.68 Å². The molecule has 0 amide bonds. The van der Waals surface area contributed by atoms with E-state index in [1.54, 1.807) is 22.9 Å². The largest absolute Gasteiger partial charge is 0.465 e. The molecule has 0 radical (unpaired) electrons. The number of hydrogen-bond donors (Lipinski definition) is 1. The fourth-order valence-electron chi connectivity index (χ4n) is 2.00. The van der Waals surface area contributed by atoms with Gasteiger partial charge in [-0.25, -0.2) is 4.79 Å². The summed E-state index contributed by atoms with van der Waals surface area (Å²) in [6, 6.07) is 6.91. The van der Waals surface area contributed by atoms with E-state index in [0.29, 0.717) is 34.6 Å². The Kier molecular flexibility index (Phi) is 3.71. The van der Waals surface area contributed by atoms with E-state index in [0.717, 1.165) is 0 Å². The van der Waals surface area contributed by atoms with Crippen molar-refractivity contribution in [1.29, 1.82) is 5.26 Å². The molecule has 6 nitrogen and oxygen atoms in total. The van der Waals surface area contributed by atoms with Crippen LogP contribution in [0.4, 0.5) is 5.69 Å². The monoisotopic (exact) mass is 270 g/mol. The smallest absolute Gasteiger partial charge is 0.337 e. The second-order valence-corrected chi connectivity index (χ2v) is 4.13. The molecule has 102 valence electrons. The highest BCUT2D eigenvalue weighted by Gasteiger charge is 2.17. The number of hydrogen-bond acceptors (Lipinski definition) is 5. The van der Waals surface area contributed by atoms with Crippen molar-refractivity contribution < 1.29 is 9.53 Å². The van der Waals surface area contributed by atoms with E-state index < -0.39 is 5.97 Å². The lowest BCUT2D eigenvalue weighted by Crippen LogP contribution is -2.05. The molecule has 0 aliphatic rings. The van der Waals surface area contributed by atoms with Crippen LogP contribution >= 0.6 is 0 Å². The van der Waals surface area contributed by atoms with E-state index in [1.807, 2.05) is 6.92 Å². The van der Waals surface area contributed by atoms with Gasteiger partial charge in [-0.1, -0.05) is 0 Å². The number of nitrogen functional groups attached to an aromatic ring is 1. The fraction of sp³-hybridized carbons (Fsp3) is 0.214. The number of rotatable bonds is 3. The molecule has 1 aromatic carbocycles. The number of methoxy groups -OCH3 is 1. The van der Waals surface area contributed by atoms with Gasteiger partial charge in [0.15, 0.2) is 0 Å². The highest BCUT2D eigenvalue weighted by atomic mass is 16.5. The first-order valence-electron chi connectivity index (χ1n) is 6.06. The number of aromatic nitrogens is 2. The third kappa shape index (κ3) is 2.21. The molecule has 2 N–H and O–H groups in total. The predicted molar refractivity (Wildman–Crippen MR) is 73.8 cm³/mol. The first-order chi connectivity index (χ1) is 9.62. The van der Waals surface area contributed by atoms with Gasteiger partial charge in [0, 0.05) is 17.8 Å². The Morgan fingerprint density at radius 2 is 2.30 bits per heavy atom. The second-order valence-electron chi connectivity index (χ2n) is 4.13. The van der Waals surface area contributed by atoms with E-state index in [9.17, 15) is 4.79 Å². The van der Waals surface area contributed by atoms with Crippen molar-refractivity contribution >= 4 is 11.7 Å². The van der Waals surface area contributed by atoms with E-state index >= 15 is 0 Å². The summed E-state index contributed by atoms with van der Waals surface area (Å²) in [7, 11) is 1.31. The SMILES string of the molecule is CCn1ncc(C#N)c1-c1cc(C(=O)OC)ccc1N. The number of benzene rings is 1. The lowest BCUT2D eigenvalue weighted by atomic mass is 10.0. The molecule has 20 heavy (non-hydrogen) atoms. The number of esters is 1. The van der Waals surface area contributed by atoms with E-state index in [4.69, 9.17) is 15.7 Å². The van der Waals surface area contributed by atoms with Crippen LogP contribution in [0.2, 0.25) is 0 Å². The number of nitrogens with two attached hydrogens (primary N) is 1. The van der Waals surface area contributed by atoms with Crippen molar-refractivity contribution in [2.45, 2.75) is 13.5 Å². The first-order valence-corrected chi connectivity index (χ1v) is 6.06. The summed E-state index contributed by atoms with van der Waals surface area (Å²) in [4.78, 5) is 11.6. The average Bonchev–Trinajstić information content (AvgIpc) is 2.89. The Hall–Kier alpha value is -2.81. The van der Waals surface area contributed by atoms with Gasteiger partial charge in [0.25, 0.3) is 0 Å². The summed E-state index contributed by atoms with van der Waals surface area (Å²) in [5, 5.41) is 13.3. The molecule has 0 spiro atoms. The molecular formula is C14H14N4O2. The van der Waals surface area contributed by atoms with Crippen LogP contribution < -0.4 is 5.73 Å². The van der Waals surface area contributed by atoms with E-state index in [2.05, 4.69) is 11.2 Å². The number of anilines is 1. The second kappa shape index (κ2) is 5.45. The van der Waals surface area contributed by atoms with Crippen molar-refractivity contribution in [3.8, 4) is 17.3 Å². The van der Waals surface area contributed by atoms with Crippen LogP contribution in [0.15, 0.2) is 24.4 Å². The molecule has 0 fully saturated rings. The quantitative estimate of drug-likeness (QED) is 0.678. The summed E-state index contributed by atoms with van der Waals surface area (Å²) < 4.78 is 6.37. The lowest BCUT2D eigenvalue weighted by Gasteiger charge is -2.10. The molecule has 0 atom stereocenters. The molecule has 0 aliphatic heterocycles. The van der Waals surface area contributed by atoms with Crippen LogP contribution in [0.3, 0.4) is 0 Å². The van der Waals surface area contributed by atoms with Crippen LogP contribution in [0.1, 0.15) is 22.8 Å². The minimum absolute atomic E-state index is 0.379. The van der Waals surface area contributed by atoms with Crippen molar-refractivity contribution in [2.24, 2.45) is 0 Å². The third-order valence-corrected chi connectivity index (χ3v) is 2.99. The maximum atomic E-state index is 11.6. The maximum Gasteiger partial charge on any atom is 0.337 e. The molecule has 1 heterocycles. The zero-order chi connectivity index (χ0) is 14.7. The van der Waals surface area contributed by atoms with Gasteiger partial charge in [-0.05, 0) is 25.1 Å². The van der Waals surface area contributed by atoms with Crippen molar-refractivity contribution in [2.75, 3.05) is 12.8 Å². The predicted octanol–water partition coefficient (Wildman–Crippen LogP) is 1.81. The normalized spacial score (nSPS) is 10.1. The van der Waals surface area contributed by atoms with Crippen molar-refractivity contribution in [3.63, 3.8) is 0 Å². The molecule has 2 aromatic rings. The van der Waals surface area contributed by atoms with Gasteiger partial charge >= 0.3 is 5.97 Å². The van der Waals surface area contributed by atoms with Crippen LogP contribution in [-0.2, 0) is 11.3 Å². The molecule has 1 aromatic heterocycles. The highest BCUT2D eigenvalue weighted by molar-refractivity contribution is 5.93. The minimum atomic E-state index is -0.452. The zero-order valence-electron chi connectivity index (χ0n) is 11.3. The summed E-state index contributed by atoms with van der Waals surface area (Å²) >= 11 is 0. The van der Waals surface area contributed by atoms with E-state index in [-0.39, 0.29) is 0 Å². The molecule has 0 saturated carbocycles. The molecule has 0 aliphatic carbocycles. The number of carbonyl (C=O) groups excluding carboxylic acids is 1. The summed E-state index contributed by atoms with van der Waals surface area (Å²) in [6.07, 6.45) is 1.49. The Balaban J connectivity index is 2.66. The van der Waals surface area contributed by atoms with Gasteiger partial charge in [-0.2, -0.15) is 10.4 Å². The topological polar surface area (TPSA) is 93.9 Å². The summed E-state index contributed by atoms with van der Waals surface area (Å²) in [5.74, 6) is -0.452. The van der Waals surface area contributed by atoms with Crippen molar-refractivity contribution in [1.82, 2.24) is 9.78 Å². The number of nitrogens with zero attached hydrogens (tertiary/aromatic N) is 3. The number of carbonyl (C=O) groups is 1. The Bertz CT molecular complexity index is 698. The van der Waals surface area contributed by atoms with Gasteiger partial charge in [0.1, 0.15) is 6.07 Å². The van der Waals surface area contributed by atoms with Gasteiger partial charge in [0.05, 0.1) is 30.1 Å². The maximum absolute atomic E-state index is 11.6. The third-order valence-electron chi connectivity index (χ3n) is 2.99. The van der Waals surface area contributed by atoms with Crippen LogP contribution in [-0.4, -0.2) is 22.9 Å². The first kappa shape index (κ1) is 13.6. The van der Waals surface area contributed by atoms with Crippen molar-refractivity contribution in [3.05, 3.63) is 35.5 Å². The van der Waals surface area contributed by atoms with Crippen LogP contribution in [0.25, 0.3) is 11.3 Å². The molecule has 6 heteroatoms. The molecule has 0 bridgehead atoms. The fourth-order valence-corrected chi connectivity index (χ4v) is 2.00. The lowest BCUT2D eigenvalue weighted by molar-refractivity contribution is 0.0601. The molecular weight excluding hydrogens is 256 g/mol. The van der Waals surface area contributed by atoms with Crippen LogP contribution in [0, 0.1) is 11.3 Å². The Labute approximate surface area is 116 Å². The zero-order valence-corrected chi connectivity index (χ0v) is 11.3. The molecule has 0 saturated heterocycles. The highest BCUT2D eigenvalue weighted by Crippen LogP contribution is 2.30. The Morgan fingerprint density at radius 1 is 1.55 bits per heavy atom. The summed E-state index contributed by atoms with van der Waals surface area (Å²) in [6.45, 7) is 2.51. The number of aryl methyl sites for hydroxylation is 1. The number of nitriles is 1. The van der Waals surface area contributed by atoms with Gasteiger partial charge < -0.3 is 10.5 Å². The van der Waals surface area contributed by atoms with E-state index in [1.165, 1.54) is 13.3 Å². The molecule has 0 unspecified atom stereocenters.